The van der Waals surface area contributed by atoms with Crippen LogP contribution in [0.25, 0.3) is 0 Å². The number of hydrogen-bond acceptors (Lipinski definition) is 9. The quantitative estimate of drug-likeness (QED) is 0.118. The zero-order valence-electron chi connectivity index (χ0n) is 11.4. The van der Waals surface area contributed by atoms with Gasteiger partial charge in [-0.05, 0) is 0 Å². The lowest BCUT2D eigenvalue weighted by molar-refractivity contribution is -0.299. The number of carbonyl (C=O) groups is 1. The summed E-state index contributed by atoms with van der Waals surface area (Å²) in [6, 6.07) is 0. The van der Waals surface area contributed by atoms with Gasteiger partial charge < -0.3 is 29.9 Å². The molecule has 0 bridgehead atoms. The van der Waals surface area contributed by atoms with Gasteiger partial charge >= 0.3 is 0 Å². The lowest BCUT2D eigenvalue weighted by Gasteiger charge is -2.39. The molecule has 0 saturated carbocycles. The first-order valence-corrected chi connectivity index (χ1v) is 7.66. The largest absolute Gasteiger partial charge is 0.394 e. The Bertz CT molecular complexity index is 321. The van der Waals surface area contributed by atoms with Crippen LogP contribution in [0.5, 0.6) is 0 Å². The van der Waals surface area contributed by atoms with Crippen molar-refractivity contribution in [3.05, 3.63) is 0 Å². The number of hydrogen-bond donors (Lipinski definition) is 6. The Morgan fingerprint density at radius 3 is 2.57 bits per heavy atom. The molecule has 1 heterocycles. The van der Waals surface area contributed by atoms with E-state index in [4.69, 9.17) is 20.4 Å². The van der Waals surface area contributed by atoms with Gasteiger partial charge in [0.15, 0.2) is 6.29 Å². The lowest BCUT2D eigenvalue weighted by atomic mass is 9.99. The Labute approximate surface area is 126 Å². The van der Waals surface area contributed by atoms with E-state index in [1.807, 2.05) is 5.43 Å². The minimum Gasteiger partial charge on any atom is -0.394 e. The molecular formula is C11H22N2O7S. The number of nitrogens with one attached hydrogen (secondary N) is 1. The molecule has 0 aromatic heterocycles. The average Bonchev–Trinajstić information content (AvgIpc) is 2.50. The fourth-order valence-electron chi connectivity index (χ4n) is 1.77. The Morgan fingerprint density at radius 1 is 1.24 bits per heavy atom. The maximum atomic E-state index is 10.9. The third-order valence-electron chi connectivity index (χ3n) is 2.99. The Kier molecular flexibility index (Phi) is 8.44. The Balaban J connectivity index is 2.23. The number of rotatable bonds is 8. The Morgan fingerprint density at radius 2 is 1.95 bits per heavy atom. The zero-order chi connectivity index (χ0) is 15.8. The maximum Gasteiger partial charge on any atom is 0.234 e. The van der Waals surface area contributed by atoms with Crippen LogP contribution in [0, 0.1) is 0 Å². The summed E-state index contributed by atoms with van der Waals surface area (Å²) in [6.45, 7) is -0.272. The van der Waals surface area contributed by atoms with Crippen molar-refractivity contribution >= 4 is 17.7 Å². The van der Waals surface area contributed by atoms with E-state index < -0.39 is 37.3 Å². The summed E-state index contributed by atoms with van der Waals surface area (Å²) >= 11 is 1.45. The summed E-state index contributed by atoms with van der Waals surface area (Å²) in [5.74, 6) is 5.80. The van der Waals surface area contributed by atoms with Crippen LogP contribution in [0.15, 0.2) is 0 Å². The third kappa shape index (κ3) is 5.68. The molecule has 0 radical (unpaired) electrons. The first-order valence-electron chi connectivity index (χ1n) is 6.50. The number of thioether (sulfide) groups is 1. The van der Waals surface area contributed by atoms with Gasteiger partial charge in [0.25, 0.3) is 0 Å². The summed E-state index contributed by atoms with van der Waals surface area (Å²) in [6.07, 6.45) is -6.03. The van der Waals surface area contributed by atoms with Gasteiger partial charge in [-0.15, -0.1) is 0 Å². The van der Waals surface area contributed by atoms with Crippen LogP contribution in [-0.4, -0.2) is 81.8 Å². The molecule has 0 unspecified atom stereocenters. The van der Waals surface area contributed by atoms with Crippen molar-refractivity contribution in [2.24, 2.45) is 5.84 Å². The molecule has 9 nitrogen and oxygen atoms in total. The van der Waals surface area contributed by atoms with Crippen molar-refractivity contribution in [2.45, 2.75) is 37.1 Å². The number of amides is 1. The minimum absolute atomic E-state index is 0.220. The Hall–Kier alpha value is -0.460. The normalized spacial score (nSPS) is 32.9. The van der Waals surface area contributed by atoms with Gasteiger partial charge in [0.2, 0.25) is 5.91 Å². The van der Waals surface area contributed by atoms with Gasteiger partial charge in [-0.2, -0.15) is 11.8 Å². The number of ether oxygens (including phenoxy) is 2. The molecule has 1 fully saturated rings. The third-order valence-corrected chi connectivity index (χ3v) is 3.94. The van der Waals surface area contributed by atoms with E-state index in [0.29, 0.717) is 17.9 Å². The van der Waals surface area contributed by atoms with E-state index >= 15 is 0 Å². The van der Waals surface area contributed by atoms with Crippen LogP contribution in [-0.2, 0) is 14.3 Å². The second-order valence-corrected chi connectivity index (χ2v) is 5.72. The second kappa shape index (κ2) is 9.54. The van der Waals surface area contributed by atoms with Crippen LogP contribution in [0.4, 0.5) is 0 Å². The van der Waals surface area contributed by atoms with Crippen LogP contribution in [0.1, 0.15) is 6.42 Å². The zero-order valence-corrected chi connectivity index (χ0v) is 12.2. The molecule has 0 aromatic carbocycles. The molecule has 1 saturated heterocycles. The van der Waals surface area contributed by atoms with Gasteiger partial charge in [0.05, 0.1) is 13.2 Å². The topological polar surface area (TPSA) is 154 Å². The molecule has 10 heteroatoms. The van der Waals surface area contributed by atoms with Gasteiger partial charge in [-0.3, -0.25) is 10.2 Å². The van der Waals surface area contributed by atoms with E-state index in [1.165, 1.54) is 11.8 Å². The van der Waals surface area contributed by atoms with Crippen molar-refractivity contribution in [3.63, 3.8) is 0 Å². The summed E-state index contributed by atoms with van der Waals surface area (Å²) < 4.78 is 10.4. The van der Waals surface area contributed by atoms with E-state index in [9.17, 15) is 20.1 Å². The monoisotopic (exact) mass is 326 g/mol. The first kappa shape index (κ1) is 18.6. The smallest absolute Gasteiger partial charge is 0.234 e. The predicted molar refractivity (Wildman–Crippen MR) is 74.0 cm³/mol. The van der Waals surface area contributed by atoms with E-state index in [0.717, 1.165) is 0 Å². The highest BCUT2D eigenvalue weighted by Crippen LogP contribution is 2.22. The predicted octanol–water partition coefficient (Wildman–Crippen LogP) is -3.08. The van der Waals surface area contributed by atoms with Crippen LogP contribution < -0.4 is 11.3 Å². The van der Waals surface area contributed by atoms with E-state index in [1.54, 1.807) is 0 Å². The fraction of sp³-hybridized carbons (Fsp3) is 0.909. The van der Waals surface area contributed by atoms with Crippen molar-refractivity contribution < 1.29 is 34.7 Å². The van der Waals surface area contributed by atoms with Crippen LogP contribution >= 0.6 is 11.8 Å². The average molecular weight is 326 g/mol. The molecule has 1 rings (SSSR count). The molecule has 1 aliphatic heterocycles. The highest BCUT2D eigenvalue weighted by molar-refractivity contribution is 7.99. The lowest BCUT2D eigenvalue weighted by Crippen LogP contribution is -2.59. The van der Waals surface area contributed by atoms with Crippen molar-refractivity contribution in [2.75, 3.05) is 24.7 Å². The highest BCUT2D eigenvalue weighted by atomic mass is 32.2. The molecule has 1 amide bonds. The van der Waals surface area contributed by atoms with Crippen LogP contribution in [0.2, 0.25) is 0 Å². The van der Waals surface area contributed by atoms with Crippen LogP contribution in [0.3, 0.4) is 0 Å². The van der Waals surface area contributed by atoms with Gasteiger partial charge in [-0.25, -0.2) is 5.84 Å². The number of nitrogens with two attached hydrogens (primary N) is 1. The standard InChI is InChI=1S/C11H22N2O7S/c12-13-7(15)1-3-21-4-2-19-11-10(18)9(17)8(16)6(5-14)20-11/h6,8-11,14,16-18H,1-5,12H2,(H,13,15)/t6-,8+,9+,10-,11-/m1/s1. The SMILES string of the molecule is NNC(=O)CCSCCO[C@@H]1O[C@H](CO)[C@H](O)[C@H](O)[C@H]1O. The minimum atomic E-state index is -1.44. The van der Waals surface area contributed by atoms with E-state index in [2.05, 4.69) is 0 Å². The van der Waals surface area contributed by atoms with Gasteiger partial charge in [-0.1, -0.05) is 0 Å². The molecule has 5 atom stereocenters. The van der Waals surface area contributed by atoms with Crippen molar-refractivity contribution in [3.8, 4) is 0 Å². The number of aliphatic hydroxyl groups is 4. The van der Waals surface area contributed by atoms with E-state index in [-0.39, 0.29) is 12.5 Å². The van der Waals surface area contributed by atoms with Crippen molar-refractivity contribution in [1.82, 2.24) is 5.43 Å². The number of carbonyl (C=O) groups excluding carboxylic acids is 1. The second-order valence-electron chi connectivity index (χ2n) is 4.50. The molecule has 0 aliphatic carbocycles. The number of hydrazine groups is 1. The number of aliphatic hydroxyl groups excluding tert-OH is 4. The fourth-order valence-corrected chi connectivity index (χ4v) is 2.52. The summed E-state index contributed by atoms with van der Waals surface area (Å²) in [5.41, 5.74) is 2.02. The molecule has 21 heavy (non-hydrogen) atoms. The molecule has 0 spiro atoms. The summed E-state index contributed by atoms with van der Waals surface area (Å²) in [7, 11) is 0. The molecule has 7 N–H and O–H groups in total. The molecule has 124 valence electrons. The van der Waals surface area contributed by atoms with Gasteiger partial charge in [0, 0.05) is 17.9 Å². The van der Waals surface area contributed by atoms with Gasteiger partial charge in [0.1, 0.15) is 24.4 Å². The highest BCUT2D eigenvalue weighted by Gasteiger charge is 2.43. The van der Waals surface area contributed by atoms with Crippen molar-refractivity contribution in [1.29, 1.82) is 0 Å². The maximum absolute atomic E-state index is 10.9. The molecule has 0 aromatic rings. The molecule has 1 aliphatic rings. The first-order chi connectivity index (χ1) is 10.0. The molecular weight excluding hydrogens is 304 g/mol. The summed E-state index contributed by atoms with van der Waals surface area (Å²) in [5, 5.41) is 37.9. The summed E-state index contributed by atoms with van der Waals surface area (Å²) in [4.78, 5) is 10.9.